The summed E-state index contributed by atoms with van der Waals surface area (Å²) < 4.78 is 6.27. The van der Waals surface area contributed by atoms with Gasteiger partial charge in [0, 0.05) is 0 Å². The van der Waals surface area contributed by atoms with Gasteiger partial charge in [0.05, 0.1) is 22.4 Å². The number of phenolic OH excluding ortho intramolecular Hbond substituents is 1. The molecular formula is C18H15BrN2O4S2. The predicted molar refractivity (Wildman–Crippen MR) is 111 cm³/mol. The maximum Gasteiger partial charge on any atom is 0.273 e. The van der Waals surface area contributed by atoms with Crippen LogP contribution in [-0.2, 0) is 11.2 Å². The molecule has 1 heterocycles. The third-order valence-electron chi connectivity index (χ3n) is 3.92. The average Bonchev–Trinajstić information content (AvgIpc) is 2.89. The number of hydrazine groups is 1. The monoisotopic (exact) mass is 466 g/mol. The van der Waals surface area contributed by atoms with Crippen LogP contribution in [0.5, 0.6) is 11.5 Å². The minimum atomic E-state index is -0.600. The fourth-order valence-electron chi connectivity index (χ4n) is 2.57. The molecular weight excluding hydrogens is 452 g/mol. The van der Waals surface area contributed by atoms with Gasteiger partial charge in [0.2, 0.25) is 0 Å². The molecule has 140 valence electrons. The largest absolute Gasteiger partial charge is 0.507 e. The van der Waals surface area contributed by atoms with Crippen LogP contribution in [0.3, 0.4) is 0 Å². The van der Waals surface area contributed by atoms with Crippen LogP contribution in [0, 0.1) is 0 Å². The summed E-state index contributed by atoms with van der Waals surface area (Å²) in [6.45, 7) is 0. The Kier molecular flexibility index (Phi) is 6.03. The maximum absolute atomic E-state index is 12.7. The summed E-state index contributed by atoms with van der Waals surface area (Å²) in [4.78, 5) is 25.0. The zero-order valence-corrected chi connectivity index (χ0v) is 17.4. The number of thiocarbonyl (C=S) groups is 1. The molecule has 1 aliphatic rings. The van der Waals surface area contributed by atoms with Crippen LogP contribution in [0.25, 0.3) is 0 Å². The second-order valence-electron chi connectivity index (χ2n) is 5.68. The highest BCUT2D eigenvalue weighted by molar-refractivity contribution is 9.10. The van der Waals surface area contributed by atoms with E-state index in [1.807, 2.05) is 18.2 Å². The van der Waals surface area contributed by atoms with Gasteiger partial charge in [-0.3, -0.25) is 15.0 Å². The Hall–Kier alpha value is -2.10. The number of nitrogens with one attached hydrogen (secondary N) is 1. The number of aromatic hydroxyl groups is 1. The summed E-state index contributed by atoms with van der Waals surface area (Å²) >= 11 is 9.88. The molecule has 6 nitrogen and oxygen atoms in total. The van der Waals surface area contributed by atoms with Crippen LogP contribution in [-0.4, -0.2) is 38.6 Å². The molecule has 0 spiro atoms. The van der Waals surface area contributed by atoms with Crippen LogP contribution in [0.15, 0.2) is 46.9 Å². The number of nitrogens with zero attached hydrogens (tertiary/aromatic N) is 1. The van der Waals surface area contributed by atoms with E-state index in [2.05, 4.69) is 21.4 Å². The molecule has 1 atom stereocenters. The number of amides is 2. The summed E-state index contributed by atoms with van der Waals surface area (Å²) in [5, 5.41) is 10.4. The molecule has 9 heteroatoms. The van der Waals surface area contributed by atoms with Crippen molar-refractivity contribution in [1.82, 2.24) is 10.4 Å². The number of para-hydroxylation sites is 1. The first-order valence-electron chi connectivity index (χ1n) is 7.86. The number of carbonyl (C=O) groups is 2. The lowest BCUT2D eigenvalue weighted by molar-refractivity contribution is -0.127. The molecule has 1 saturated heterocycles. The quantitative estimate of drug-likeness (QED) is 0.658. The molecule has 1 fully saturated rings. The Balaban J connectivity index is 1.70. The lowest BCUT2D eigenvalue weighted by Crippen LogP contribution is -2.46. The Morgan fingerprint density at radius 1 is 1.37 bits per heavy atom. The summed E-state index contributed by atoms with van der Waals surface area (Å²) in [7, 11) is 1.58. The minimum Gasteiger partial charge on any atom is -0.507 e. The van der Waals surface area contributed by atoms with Crippen LogP contribution in [0.4, 0.5) is 0 Å². The van der Waals surface area contributed by atoms with E-state index in [0.717, 1.165) is 15.0 Å². The lowest BCUT2D eigenvalue weighted by Gasteiger charge is -2.17. The van der Waals surface area contributed by atoms with Crippen molar-refractivity contribution in [2.45, 2.75) is 11.7 Å². The summed E-state index contributed by atoms with van der Waals surface area (Å²) in [6.07, 6.45) is 0.454. The smallest absolute Gasteiger partial charge is 0.273 e. The number of carbonyl (C=O) groups excluding carboxylic acids is 2. The minimum absolute atomic E-state index is 0.0700. The van der Waals surface area contributed by atoms with Crippen LogP contribution in [0.1, 0.15) is 15.9 Å². The lowest BCUT2D eigenvalue weighted by atomic mass is 10.1. The van der Waals surface area contributed by atoms with E-state index >= 15 is 0 Å². The molecule has 2 aromatic rings. The van der Waals surface area contributed by atoms with Gasteiger partial charge in [-0.2, -0.15) is 0 Å². The fourth-order valence-corrected chi connectivity index (χ4v) is 4.61. The van der Waals surface area contributed by atoms with E-state index < -0.39 is 11.2 Å². The van der Waals surface area contributed by atoms with Crippen molar-refractivity contribution in [3.05, 3.63) is 58.1 Å². The fraction of sp³-hybridized carbons (Fsp3) is 0.167. The van der Waals surface area contributed by atoms with Gasteiger partial charge in [0.25, 0.3) is 11.8 Å². The van der Waals surface area contributed by atoms with Crippen molar-refractivity contribution in [2.75, 3.05) is 7.11 Å². The molecule has 1 unspecified atom stereocenters. The molecule has 0 aliphatic carbocycles. The molecule has 1 aliphatic heterocycles. The average molecular weight is 467 g/mol. The SMILES string of the molecule is COc1ccc(CC2SC(=S)N(NC(=O)c3ccccc3O)C2=O)cc1Br. The topological polar surface area (TPSA) is 78.9 Å². The van der Waals surface area contributed by atoms with Crippen molar-refractivity contribution < 1.29 is 19.4 Å². The van der Waals surface area contributed by atoms with Crippen molar-refractivity contribution >= 4 is 56.0 Å². The Morgan fingerprint density at radius 2 is 2.11 bits per heavy atom. The number of benzene rings is 2. The summed E-state index contributed by atoms with van der Waals surface area (Å²) in [5.41, 5.74) is 3.48. The van der Waals surface area contributed by atoms with E-state index in [4.69, 9.17) is 17.0 Å². The molecule has 27 heavy (non-hydrogen) atoms. The van der Waals surface area contributed by atoms with Crippen molar-refractivity contribution in [1.29, 1.82) is 0 Å². The Morgan fingerprint density at radius 3 is 2.78 bits per heavy atom. The second-order valence-corrected chi connectivity index (χ2v) is 8.37. The van der Waals surface area contributed by atoms with Gasteiger partial charge in [-0.1, -0.05) is 42.2 Å². The van der Waals surface area contributed by atoms with Gasteiger partial charge in [0.15, 0.2) is 4.32 Å². The van der Waals surface area contributed by atoms with E-state index in [1.165, 1.54) is 23.9 Å². The molecule has 0 radical (unpaired) electrons. The maximum atomic E-state index is 12.7. The Labute approximate surface area is 174 Å². The number of rotatable bonds is 5. The summed E-state index contributed by atoms with van der Waals surface area (Å²) in [6, 6.07) is 11.7. The van der Waals surface area contributed by atoms with Gasteiger partial charge in [-0.25, -0.2) is 5.01 Å². The number of halogens is 1. The van der Waals surface area contributed by atoms with Gasteiger partial charge in [-0.05, 0) is 52.2 Å². The van der Waals surface area contributed by atoms with Crippen LogP contribution in [0.2, 0.25) is 0 Å². The third kappa shape index (κ3) is 4.26. The number of phenols is 1. The molecule has 0 bridgehead atoms. The highest BCUT2D eigenvalue weighted by atomic mass is 79.9. The summed E-state index contributed by atoms with van der Waals surface area (Å²) in [5.74, 6) is -0.367. The molecule has 2 N–H and O–H groups in total. The number of methoxy groups -OCH3 is 1. The van der Waals surface area contributed by atoms with Gasteiger partial charge in [0.1, 0.15) is 11.5 Å². The second kappa shape index (κ2) is 8.28. The van der Waals surface area contributed by atoms with Gasteiger partial charge < -0.3 is 9.84 Å². The first kappa shape index (κ1) is 19.7. The zero-order chi connectivity index (χ0) is 19.6. The van der Waals surface area contributed by atoms with E-state index in [0.29, 0.717) is 12.2 Å². The zero-order valence-electron chi connectivity index (χ0n) is 14.1. The van der Waals surface area contributed by atoms with Crippen molar-refractivity contribution in [3.63, 3.8) is 0 Å². The van der Waals surface area contributed by atoms with Crippen LogP contribution < -0.4 is 10.2 Å². The van der Waals surface area contributed by atoms with Gasteiger partial charge in [-0.15, -0.1) is 0 Å². The molecule has 2 aromatic carbocycles. The van der Waals surface area contributed by atoms with Crippen molar-refractivity contribution in [3.8, 4) is 11.5 Å². The van der Waals surface area contributed by atoms with Crippen LogP contribution >= 0.6 is 39.9 Å². The van der Waals surface area contributed by atoms with E-state index in [9.17, 15) is 14.7 Å². The Bertz CT molecular complexity index is 922. The molecule has 3 rings (SSSR count). The highest BCUT2D eigenvalue weighted by Gasteiger charge is 2.38. The first-order valence-corrected chi connectivity index (χ1v) is 9.94. The molecule has 0 aromatic heterocycles. The highest BCUT2D eigenvalue weighted by Crippen LogP contribution is 2.31. The normalized spacial score (nSPS) is 16.5. The number of ether oxygens (including phenoxy) is 1. The molecule has 2 amide bonds. The van der Waals surface area contributed by atoms with Gasteiger partial charge >= 0.3 is 0 Å². The van der Waals surface area contributed by atoms with E-state index in [1.54, 1.807) is 19.2 Å². The van der Waals surface area contributed by atoms with Crippen molar-refractivity contribution in [2.24, 2.45) is 0 Å². The van der Waals surface area contributed by atoms with E-state index in [-0.39, 0.29) is 21.5 Å². The molecule has 0 saturated carbocycles. The standard InChI is InChI=1S/C18H15BrN2O4S2/c1-25-14-7-6-10(8-12(14)19)9-15-17(24)21(18(26)27-15)20-16(23)11-4-2-3-5-13(11)22/h2-8,15,22H,9H2,1H3,(H,20,23). The number of hydrogen-bond acceptors (Lipinski definition) is 6. The number of hydrogen-bond donors (Lipinski definition) is 2. The number of thioether (sulfide) groups is 1. The third-order valence-corrected chi connectivity index (χ3v) is 6.05. The predicted octanol–water partition coefficient (Wildman–Crippen LogP) is 3.28. The first-order chi connectivity index (χ1) is 12.9.